The van der Waals surface area contributed by atoms with Gasteiger partial charge in [-0.25, -0.2) is 0 Å². The van der Waals surface area contributed by atoms with E-state index in [1.54, 1.807) is 36.6 Å². The molecule has 2 N–H and O–H groups in total. The third kappa shape index (κ3) is 4.75. The largest absolute Gasteiger partial charge is 0.318 e. The lowest BCUT2D eigenvalue weighted by Gasteiger charge is -2.08. The van der Waals surface area contributed by atoms with Gasteiger partial charge in [0.15, 0.2) is 0 Å². The van der Waals surface area contributed by atoms with E-state index in [0.717, 1.165) is 12.0 Å². The molecule has 6 heteroatoms. The van der Waals surface area contributed by atoms with Crippen LogP contribution in [0.5, 0.6) is 0 Å². The molecule has 2 aromatic rings. The molecule has 0 saturated carbocycles. The minimum Gasteiger partial charge on any atom is -0.318 e. The monoisotopic (exact) mass is 330 g/mol. The molecule has 2 aromatic carbocycles. The van der Waals surface area contributed by atoms with Gasteiger partial charge in [0.05, 0.1) is 0 Å². The molecule has 0 radical (unpaired) electrons. The summed E-state index contributed by atoms with van der Waals surface area (Å²) in [5.74, 6) is -1.52. The molecule has 0 unspecified atom stereocenters. The summed E-state index contributed by atoms with van der Waals surface area (Å²) in [6.45, 7) is 2.01. The Hall–Kier alpha value is -2.47. The maximum Gasteiger partial charge on any atom is 0.314 e. The molecule has 0 aliphatic carbocycles. The van der Waals surface area contributed by atoms with Crippen molar-refractivity contribution in [2.45, 2.75) is 18.2 Å². The molecule has 23 heavy (non-hydrogen) atoms. The summed E-state index contributed by atoms with van der Waals surface area (Å²) < 4.78 is 11.4. The fraction of sp³-hybridized carbons (Fsp3) is 0.176. The van der Waals surface area contributed by atoms with Gasteiger partial charge in [0.1, 0.15) is 0 Å². The number of hydrogen-bond acceptors (Lipinski definition) is 3. The van der Waals surface area contributed by atoms with Crippen molar-refractivity contribution in [2.75, 3.05) is 16.9 Å². The summed E-state index contributed by atoms with van der Waals surface area (Å²) in [6.07, 6.45) is 2.39. The van der Waals surface area contributed by atoms with E-state index in [1.165, 1.54) is 0 Å². The highest BCUT2D eigenvalue weighted by Gasteiger charge is 2.14. The van der Waals surface area contributed by atoms with Gasteiger partial charge in [0.2, 0.25) is 0 Å². The van der Waals surface area contributed by atoms with Gasteiger partial charge < -0.3 is 10.6 Å². The number of carbonyl (C=O) groups excluding carboxylic acids is 2. The fourth-order valence-electron chi connectivity index (χ4n) is 2.00. The SMILES string of the molecule is CCc1cccc(NC(=O)C(=O)Nc2cccc([S@@](C)=O)c2)c1. The summed E-state index contributed by atoms with van der Waals surface area (Å²) in [6, 6.07) is 13.9. The zero-order chi connectivity index (χ0) is 16.8. The second-order valence-corrected chi connectivity index (χ2v) is 6.32. The highest BCUT2D eigenvalue weighted by atomic mass is 32.2. The van der Waals surface area contributed by atoms with E-state index < -0.39 is 22.6 Å². The molecule has 2 amide bonds. The second-order valence-electron chi connectivity index (χ2n) is 4.94. The average molecular weight is 330 g/mol. The van der Waals surface area contributed by atoms with Crippen molar-refractivity contribution in [3.05, 3.63) is 54.1 Å². The van der Waals surface area contributed by atoms with Crippen molar-refractivity contribution in [2.24, 2.45) is 0 Å². The van der Waals surface area contributed by atoms with E-state index in [0.29, 0.717) is 16.3 Å². The molecule has 0 fully saturated rings. The maximum atomic E-state index is 12.0. The number of aryl methyl sites for hydroxylation is 1. The fourth-order valence-corrected chi connectivity index (χ4v) is 2.56. The van der Waals surface area contributed by atoms with Crippen LogP contribution in [0.3, 0.4) is 0 Å². The molecule has 0 heterocycles. The van der Waals surface area contributed by atoms with Crippen molar-refractivity contribution < 1.29 is 13.8 Å². The first-order chi connectivity index (χ1) is 11.0. The molecule has 1 atom stereocenters. The Balaban J connectivity index is 2.03. The Morgan fingerprint density at radius 3 is 2.09 bits per heavy atom. The van der Waals surface area contributed by atoms with Crippen LogP contribution < -0.4 is 10.6 Å². The van der Waals surface area contributed by atoms with Crippen LogP contribution in [0.1, 0.15) is 12.5 Å². The zero-order valence-corrected chi connectivity index (χ0v) is 13.8. The molecular weight excluding hydrogens is 312 g/mol. The first kappa shape index (κ1) is 16.9. The molecule has 0 aliphatic rings. The molecule has 0 aliphatic heterocycles. The van der Waals surface area contributed by atoms with Crippen molar-refractivity contribution >= 4 is 34.0 Å². The van der Waals surface area contributed by atoms with E-state index in [1.807, 2.05) is 25.1 Å². The maximum absolute atomic E-state index is 12.0. The molecule has 0 spiro atoms. The quantitative estimate of drug-likeness (QED) is 0.846. The van der Waals surface area contributed by atoms with Gasteiger partial charge in [-0.15, -0.1) is 0 Å². The van der Waals surface area contributed by atoms with Gasteiger partial charge >= 0.3 is 11.8 Å². The van der Waals surface area contributed by atoms with E-state index in [4.69, 9.17) is 0 Å². The first-order valence-corrected chi connectivity index (χ1v) is 8.70. The smallest absolute Gasteiger partial charge is 0.314 e. The Kier molecular flexibility index (Phi) is 5.65. The van der Waals surface area contributed by atoms with E-state index in [2.05, 4.69) is 10.6 Å². The lowest BCUT2D eigenvalue weighted by atomic mass is 10.1. The minimum absolute atomic E-state index is 0.431. The van der Waals surface area contributed by atoms with Gasteiger partial charge in [0.25, 0.3) is 0 Å². The lowest BCUT2D eigenvalue weighted by molar-refractivity contribution is -0.133. The zero-order valence-electron chi connectivity index (χ0n) is 13.0. The van der Waals surface area contributed by atoms with Crippen LogP contribution in [0, 0.1) is 0 Å². The standard InChI is InChI=1S/C17H18N2O3S/c1-3-12-6-4-7-13(10-12)18-16(20)17(21)19-14-8-5-9-15(11-14)23(2)22/h4-11H,3H2,1-2H3,(H,18,20)(H,19,21)/t23-/m1/s1. The van der Waals surface area contributed by atoms with E-state index in [9.17, 15) is 13.8 Å². The Morgan fingerprint density at radius 2 is 1.52 bits per heavy atom. The summed E-state index contributed by atoms with van der Waals surface area (Å²) in [4.78, 5) is 24.5. The van der Waals surface area contributed by atoms with Crippen LogP contribution >= 0.6 is 0 Å². The van der Waals surface area contributed by atoms with Crippen LogP contribution in [-0.2, 0) is 26.8 Å². The first-order valence-electron chi connectivity index (χ1n) is 7.14. The number of amides is 2. The minimum atomic E-state index is -1.15. The van der Waals surface area contributed by atoms with Crippen LogP contribution in [0.2, 0.25) is 0 Å². The highest BCUT2D eigenvalue weighted by molar-refractivity contribution is 7.84. The number of hydrogen-bond donors (Lipinski definition) is 2. The third-order valence-corrected chi connectivity index (χ3v) is 4.14. The summed E-state index contributed by atoms with van der Waals surface area (Å²) in [7, 11) is -1.15. The van der Waals surface area contributed by atoms with Crippen molar-refractivity contribution in [3.8, 4) is 0 Å². The molecule has 0 saturated heterocycles. The van der Waals surface area contributed by atoms with Crippen molar-refractivity contribution in [3.63, 3.8) is 0 Å². The van der Waals surface area contributed by atoms with Gasteiger partial charge in [-0.2, -0.15) is 0 Å². The topological polar surface area (TPSA) is 75.3 Å². The van der Waals surface area contributed by atoms with Gasteiger partial charge in [0, 0.05) is 33.3 Å². The number of carbonyl (C=O) groups is 2. The van der Waals surface area contributed by atoms with Crippen molar-refractivity contribution in [1.29, 1.82) is 0 Å². The van der Waals surface area contributed by atoms with Crippen LogP contribution in [0.25, 0.3) is 0 Å². The number of rotatable bonds is 4. The highest BCUT2D eigenvalue weighted by Crippen LogP contribution is 2.14. The summed E-state index contributed by atoms with van der Waals surface area (Å²) in [5.41, 5.74) is 2.08. The Labute approximate surface area is 137 Å². The van der Waals surface area contributed by atoms with Crippen LogP contribution in [0.4, 0.5) is 11.4 Å². The van der Waals surface area contributed by atoms with Gasteiger partial charge in [-0.05, 0) is 42.3 Å². The molecule has 5 nitrogen and oxygen atoms in total. The molecule has 2 rings (SSSR count). The average Bonchev–Trinajstić information content (AvgIpc) is 2.55. The van der Waals surface area contributed by atoms with E-state index in [-0.39, 0.29) is 0 Å². The predicted octanol–water partition coefficient (Wildman–Crippen LogP) is 2.56. The molecule has 120 valence electrons. The third-order valence-electron chi connectivity index (χ3n) is 3.22. The van der Waals surface area contributed by atoms with Crippen molar-refractivity contribution in [1.82, 2.24) is 0 Å². The predicted molar refractivity (Wildman–Crippen MR) is 91.9 cm³/mol. The van der Waals surface area contributed by atoms with Crippen LogP contribution in [0.15, 0.2) is 53.4 Å². The Morgan fingerprint density at radius 1 is 0.957 bits per heavy atom. The number of nitrogens with one attached hydrogen (secondary N) is 2. The van der Waals surface area contributed by atoms with Crippen LogP contribution in [-0.4, -0.2) is 22.3 Å². The van der Waals surface area contributed by atoms with Gasteiger partial charge in [-0.3, -0.25) is 13.8 Å². The summed E-state index contributed by atoms with van der Waals surface area (Å²) in [5, 5.41) is 5.06. The molecule has 0 aromatic heterocycles. The second kappa shape index (κ2) is 7.69. The molecular formula is C17H18N2O3S. The van der Waals surface area contributed by atoms with Gasteiger partial charge in [-0.1, -0.05) is 25.1 Å². The molecule has 0 bridgehead atoms. The summed E-state index contributed by atoms with van der Waals surface area (Å²) >= 11 is 0. The number of benzene rings is 2. The normalized spacial score (nSPS) is 11.6. The lowest BCUT2D eigenvalue weighted by Crippen LogP contribution is -2.29. The Bertz CT molecular complexity index is 759. The number of anilines is 2. The van der Waals surface area contributed by atoms with E-state index >= 15 is 0 Å².